The summed E-state index contributed by atoms with van der Waals surface area (Å²) in [5.41, 5.74) is 1.18. The first-order chi connectivity index (χ1) is 7.38. The normalized spacial score (nSPS) is 8.33. The Morgan fingerprint density at radius 3 is 2.13 bits per heavy atom. The maximum absolute atomic E-state index is 4.08. The van der Waals surface area contributed by atoms with Gasteiger partial charge in [-0.1, -0.05) is 27.7 Å². The molecule has 2 nitrogen and oxygen atoms in total. The molecule has 2 aromatic heterocycles. The summed E-state index contributed by atoms with van der Waals surface area (Å²) in [4.78, 5) is 8.13. The predicted molar refractivity (Wildman–Crippen MR) is 67.0 cm³/mol. The van der Waals surface area contributed by atoms with E-state index in [2.05, 4.69) is 9.97 Å². The molecule has 2 aromatic rings. The first-order valence-electron chi connectivity index (χ1n) is 5.52. The molecule has 0 aliphatic rings. The maximum atomic E-state index is 4.08. The molecule has 2 heteroatoms. The molecule has 0 bridgehead atoms. The zero-order valence-corrected chi connectivity index (χ0v) is 10.3. The van der Waals surface area contributed by atoms with Gasteiger partial charge in [-0.3, -0.25) is 9.97 Å². The smallest absolute Gasteiger partial charge is 0.0350 e. The molecule has 0 N–H and O–H groups in total. The number of nitrogens with zero attached hydrogens (tertiary/aromatic N) is 2. The average molecular weight is 204 g/mol. The number of hydrogen-bond donors (Lipinski definition) is 0. The van der Waals surface area contributed by atoms with Crippen molar-refractivity contribution in [3.8, 4) is 0 Å². The van der Waals surface area contributed by atoms with Crippen LogP contribution in [0, 0.1) is 6.92 Å². The molecule has 0 aliphatic carbocycles. The van der Waals surface area contributed by atoms with Gasteiger partial charge in [0.1, 0.15) is 0 Å². The zero-order chi connectivity index (χ0) is 11.7. The van der Waals surface area contributed by atoms with Gasteiger partial charge in [-0.15, -0.1) is 0 Å². The van der Waals surface area contributed by atoms with Crippen molar-refractivity contribution < 1.29 is 0 Å². The minimum absolute atomic E-state index is 1.15. The van der Waals surface area contributed by atoms with Crippen molar-refractivity contribution in [3.63, 3.8) is 0 Å². The molecule has 0 spiro atoms. The average Bonchev–Trinajstić information content (AvgIpc) is 2.35. The van der Waals surface area contributed by atoms with E-state index in [0.29, 0.717) is 0 Å². The highest BCUT2D eigenvalue weighted by Gasteiger charge is 1.94. The first kappa shape index (κ1) is 13.6. The summed E-state index contributed by atoms with van der Waals surface area (Å²) in [7, 11) is 0. The zero-order valence-electron chi connectivity index (χ0n) is 10.3. The van der Waals surface area contributed by atoms with Crippen molar-refractivity contribution in [2.45, 2.75) is 34.6 Å². The van der Waals surface area contributed by atoms with Gasteiger partial charge in [0.2, 0.25) is 0 Å². The van der Waals surface area contributed by atoms with Gasteiger partial charge in [-0.2, -0.15) is 0 Å². The molecular formula is C13H20N2. The van der Waals surface area contributed by atoms with Crippen molar-refractivity contribution in [2.75, 3.05) is 0 Å². The van der Waals surface area contributed by atoms with Gasteiger partial charge >= 0.3 is 0 Å². The third-order valence-corrected chi connectivity index (χ3v) is 1.76. The predicted octanol–water partition coefficient (Wildman–Crippen LogP) is 3.99. The molecule has 0 amide bonds. The lowest BCUT2D eigenvalue weighted by molar-refractivity contribution is 1.28. The summed E-state index contributed by atoms with van der Waals surface area (Å²) < 4.78 is 0. The van der Waals surface area contributed by atoms with Crippen molar-refractivity contribution in [3.05, 3.63) is 36.4 Å². The minimum Gasteiger partial charge on any atom is -0.264 e. The van der Waals surface area contributed by atoms with E-state index in [1.165, 1.54) is 10.9 Å². The van der Waals surface area contributed by atoms with E-state index in [-0.39, 0.29) is 0 Å². The standard InChI is InChI=1S/C9H8N2.2C2H6/c1-7-4-11-5-8-2-3-10-6-9(7)8;2*1-2/h2-6H,1H3;2*1-2H3. The Bertz CT molecular complexity index is 378. The second kappa shape index (κ2) is 7.92. The Kier molecular flexibility index (Phi) is 7.16. The van der Waals surface area contributed by atoms with Crippen LogP contribution < -0.4 is 0 Å². The van der Waals surface area contributed by atoms with E-state index < -0.39 is 0 Å². The van der Waals surface area contributed by atoms with Crippen LogP contribution in [-0.2, 0) is 0 Å². The summed E-state index contributed by atoms with van der Waals surface area (Å²) in [6.07, 6.45) is 7.35. The molecule has 0 saturated carbocycles. The highest BCUT2D eigenvalue weighted by molar-refractivity contribution is 5.83. The van der Waals surface area contributed by atoms with Gasteiger partial charge in [0.15, 0.2) is 0 Å². The summed E-state index contributed by atoms with van der Waals surface area (Å²) in [5.74, 6) is 0. The van der Waals surface area contributed by atoms with E-state index in [4.69, 9.17) is 0 Å². The van der Waals surface area contributed by atoms with Crippen LogP contribution in [0.3, 0.4) is 0 Å². The molecule has 0 saturated heterocycles. The molecule has 0 fully saturated rings. The fourth-order valence-electron chi connectivity index (χ4n) is 1.15. The van der Waals surface area contributed by atoms with Crippen molar-refractivity contribution >= 4 is 10.8 Å². The number of rotatable bonds is 0. The van der Waals surface area contributed by atoms with E-state index >= 15 is 0 Å². The van der Waals surface area contributed by atoms with Crippen molar-refractivity contribution in [2.24, 2.45) is 0 Å². The second-order valence-electron chi connectivity index (χ2n) is 2.55. The lowest BCUT2D eigenvalue weighted by Gasteiger charge is -1.97. The molecule has 0 radical (unpaired) electrons. The van der Waals surface area contributed by atoms with Crippen molar-refractivity contribution in [1.82, 2.24) is 9.97 Å². The van der Waals surface area contributed by atoms with Gasteiger partial charge in [0, 0.05) is 35.6 Å². The third-order valence-electron chi connectivity index (χ3n) is 1.76. The van der Waals surface area contributed by atoms with Crippen LogP contribution in [0.25, 0.3) is 10.8 Å². The monoisotopic (exact) mass is 204 g/mol. The summed E-state index contributed by atoms with van der Waals surface area (Å²) in [5, 5.41) is 2.34. The molecule has 82 valence electrons. The fraction of sp³-hybridized carbons (Fsp3) is 0.385. The quantitative estimate of drug-likeness (QED) is 0.648. The number of aromatic nitrogens is 2. The van der Waals surface area contributed by atoms with Gasteiger partial charge in [0.25, 0.3) is 0 Å². The van der Waals surface area contributed by atoms with Gasteiger partial charge in [0.05, 0.1) is 0 Å². The first-order valence-corrected chi connectivity index (χ1v) is 5.52. The summed E-state index contributed by atoms with van der Waals surface area (Å²) in [6.45, 7) is 10.0. The van der Waals surface area contributed by atoms with Crippen molar-refractivity contribution in [1.29, 1.82) is 0 Å². The number of aryl methyl sites for hydroxylation is 1. The number of fused-ring (bicyclic) bond motifs is 1. The molecule has 0 unspecified atom stereocenters. The minimum atomic E-state index is 1.15. The van der Waals surface area contributed by atoms with E-state index in [1.807, 2.05) is 59.3 Å². The fourth-order valence-corrected chi connectivity index (χ4v) is 1.15. The molecule has 15 heavy (non-hydrogen) atoms. The Morgan fingerprint density at radius 1 is 0.867 bits per heavy atom. The second-order valence-corrected chi connectivity index (χ2v) is 2.55. The number of hydrogen-bond acceptors (Lipinski definition) is 2. The lowest BCUT2D eigenvalue weighted by atomic mass is 10.1. The lowest BCUT2D eigenvalue weighted by Crippen LogP contribution is -1.81. The van der Waals surface area contributed by atoms with Crippen LogP contribution in [0.4, 0.5) is 0 Å². The molecular weight excluding hydrogens is 184 g/mol. The van der Waals surface area contributed by atoms with E-state index in [0.717, 1.165) is 5.39 Å². The topological polar surface area (TPSA) is 25.8 Å². The van der Waals surface area contributed by atoms with Crippen LogP contribution in [0.1, 0.15) is 33.3 Å². The highest BCUT2D eigenvalue weighted by atomic mass is 14.6. The molecule has 0 atom stereocenters. The van der Waals surface area contributed by atoms with Gasteiger partial charge in [-0.25, -0.2) is 0 Å². The Labute approximate surface area is 92.4 Å². The van der Waals surface area contributed by atoms with Gasteiger partial charge in [-0.05, 0) is 18.6 Å². The highest BCUT2D eigenvalue weighted by Crippen LogP contribution is 2.13. The van der Waals surface area contributed by atoms with Crippen LogP contribution >= 0.6 is 0 Å². The summed E-state index contributed by atoms with van der Waals surface area (Å²) in [6, 6.07) is 1.97. The third kappa shape index (κ3) is 3.66. The van der Waals surface area contributed by atoms with Crippen LogP contribution in [0.15, 0.2) is 30.9 Å². The molecule has 2 rings (SSSR count). The Morgan fingerprint density at radius 2 is 1.53 bits per heavy atom. The molecule has 0 aromatic carbocycles. The maximum Gasteiger partial charge on any atom is 0.0350 e. The Balaban J connectivity index is 0.000000442. The number of pyridine rings is 2. The molecule has 2 heterocycles. The van der Waals surface area contributed by atoms with E-state index in [9.17, 15) is 0 Å². The van der Waals surface area contributed by atoms with Crippen LogP contribution in [0.2, 0.25) is 0 Å². The van der Waals surface area contributed by atoms with E-state index in [1.54, 1.807) is 6.20 Å². The SMILES string of the molecule is CC.CC.Cc1cncc2ccncc12. The van der Waals surface area contributed by atoms with Crippen LogP contribution in [0.5, 0.6) is 0 Å². The Hall–Kier alpha value is -1.44. The molecule has 0 aliphatic heterocycles. The largest absolute Gasteiger partial charge is 0.264 e. The van der Waals surface area contributed by atoms with Crippen LogP contribution in [-0.4, -0.2) is 9.97 Å². The van der Waals surface area contributed by atoms with Gasteiger partial charge < -0.3 is 0 Å². The summed E-state index contributed by atoms with van der Waals surface area (Å²) >= 11 is 0.